The Morgan fingerprint density at radius 2 is 2.22 bits per heavy atom. The first-order valence-electron chi connectivity index (χ1n) is 6.52. The first kappa shape index (κ1) is 13.3. The van der Waals surface area contributed by atoms with Crippen LogP contribution >= 0.6 is 0 Å². The van der Waals surface area contributed by atoms with Gasteiger partial charge in [0.15, 0.2) is 0 Å². The molecule has 0 aliphatic carbocycles. The van der Waals surface area contributed by atoms with Gasteiger partial charge in [-0.25, -0.2) is 4.39 Å². The summed E-state index contributed by atoms with van der Waals surface area (Å²) in [6.45, 7) is 3.01. The third kappa shape index (κ3) is 3.21. The zero-order chi connectivity index (χ0) is 13.0. The van der Waals surface area contributed by atoms with Gasteiger partial charge in [0, 0.05) is 31.4 Å². The van der Waals surface area contributed by atoms with Crippen molar-refractivity contribution in [2.45, 2.75) is 18.9 Å². The van der Waals surface area contributed by atoms with E-state index in [0.29, 0.717) is 6.04 Å². The van der Waals surface area contributed by atoms with Crippen LogP contribution < -0.4 is 4.90 Å². The molecule has 18 heavy (non-hydrogen) atoms. The van der Waals surface area contributed by atoms with Gasteiger partial charge in [0.05, 0.1) is 0 Å². The molecule has 1 aliphatic rings. The van der Waals surface area contributed by atoms with E-state index in [-0.39, 0.29) is 12.4 Å². The highest BCUT2D eigenvalue weighted by Gasteiger charge is 2.22. The maximum atomic E-state index is 13.3. The molecule has 1 aromatic carbocycles. The van der Waals surface area contributed by atoms with Crippen LogP contribution in [0, 0.1) is 5.82 Å². The molecule has 1 saturated heterocycles. The van der Waals surface area contributed by atoms with Crippen LogP contribution in [0.3, 0.4) is 0 Å². The maximum absolute atomic E-state index is 13.3. The summed E-state index contributed by atoms with van der Waals surface area (Å²) in [7, 11) is 2.09. The van der Waals surface area contributed by atoms with Crippen molar-refractivity contribution in [3.63, 3.8) is 0 Å². The SMILES string of the molecule is CN1CCCN(c2cccc(F)c2)CC1CCO. The monoisotopic (exact) mass is 252 g/mol. The minimum absolute atomic E-state index is 0.191. The van der Waals surface area contributed by atoms with Crippen LogP contribution in [0.25, 0.3) is 0 Å². The van der Waals surface area contributed by atoms with Gasteiger partial charge in [-0.3, -0.25) is 0 Å². The third-order valence-corrected chi connectivity index (χ3v) is 3.63. The van der Waals surface area contributed by atoms with Gasteiger partial charge in [0.25, 0.3) is 0 Å². The van der Waals surface area contributed by atoms with Crippen molar-refractivity contribution in [1.82, 2.24) is 4.90 Å². The Bertz CT molecular complexity index is 386. The van der Waals surface area contributed by atoms with Crippen molar-refractivity contribution in [3.05, 3.63) is 30.1 Å². The van der Waals surface area contributed by atoms with Crippen molar-refractivity contribution in [2.24, 2.45) is 0 Å². The Hall–Kier alpha value is -1.13. The van der Waals surface area contributed by atoms with Gasteiger partial charge in [0.1, 0.15) is 5.82 Å². The largest absolute Gasteiger partial charge is 0.396 e. The molecule has 0 radical (unpaired) electrons. The molecule has 4 heteroatoms. The smallest absolute Gasteiger partial charge is 0.125 e. The van der Waals surface area contributed by atoms with Gasteiger partial charge in [0.2, 0.25) is 0 Å². The van der Waals surface area contributed by atoms with Crippen LogP contribution in [-0.4, -0.2) is 49.3 Å². The highest BCUT2D eigenvalue weighted by atomic mass is 19.1. The highest BCUT2D eigenvalue weighted by Crippen LogP contribution is 2.20. The Balaban J connectivity index is 2.12. The van der Waals surface area contributed by atoms with E-state index >= 15 is 0 Å². The van der Waals surface area contributed by atoms with E-state index in [0.717, 1.165) is 38.2 Å². The summed E-state index contributed by atoms with van der Waals surface area (Å²) in [5, 5.41) is 9.12. The van der Waals surface area contributed by atoms with Crippen LogP contribution in [0.1, 0.15) is 12.8 Å². The number of benzene rings is 1. The van der Waals surface area contributed by atoms with Crippen LogP contribution in [0.15, 0.2) is 24.3 Å². The molecule has 2 rings (SSSR count). The number of likely N-dealkylation sites (N-methyl/N-ethyl adjacent to an activating group) is 1. The summed E-state index contributed by atoms with van der Waals surface area (Å²) in [5.41, 5.74) is 0.938. The quantitative estimate of drug-likeness (QED) is 0.887. The van der Waals surface area contributed by atoms with Crippen molar-refractivity contribution in [2.75, 3.05) is 38.2 Å². The van der Waals surface area contributed by atoms with E-state index in [1.165, 1.54) is 6.07 Å². The average Bonchev–Trinajstić information content (AvgIpc) is 2.53. The van der Waals surface area contributed by atoms with Crippen LogP contribution in [0.5, 0.6) is 0 Å². The van der Waals surface area contributed by atoms with E-state index < -0.39 is 0 Å². The maximum Gasteiger partial charge on any atom is 0.125 e. The molecule has 1 aliphatic heterocycles. The number of aliphatic hydroxyl groups excluding tert-OH is 1. The molecule has 0 amide bonds. The van der Waals surface area contributed by atoms with E-state index in [4.69, 9.17) is 5.11 Å². The van der Waals surface area contributed by atoms with Crippen molar-refractivity contribution < 1.29 is 9.50 Å². The highest BCUT2D eigenvalue weighted by molar-refractivity contribution is 5.46. The first-order chi connectivity index (χ1) is 8.70. The summed E-state index contributed by atoms with van der Waals surface area (Å²) in [5.74, 6) is -0.191. The molecule has 0 bridgehead atoms. The lowest BCUT2D eigenvalue weighted by Gasteiger charge is -2.29. The Kier molecular flexibility index (Phi) is 4.55. The molecule has 1 heterocycles. The van der Waals surface area contributed by atoms with E-state index in [1.54, 1.807) is 12.1 Å². The van der Waals surface area contributed by atoms with Gasteiger partial charge in [-0.05, 0) is 44.6 Å². The lowest BCUT2D eigenvalue weighted by atomic mass is 10.1. The fraction of sp³-hybridized carbons (Fsp3) is 0.571. The van der Waals surface area contributed by atoms with Crippen molar-refractivity contribution >= 4 is 5.69 Å². The van der Waals surface area contributed by atoms with Crippen molar-refractivity contribution in [1.29, 1.82) is 0 Å². The molecule has 0 saturated carbocycles. The van der Waals surface area contributed by atoms with Gasteiger partial charge < -0.3 is 14.9 Å². The standard InChI is InChI=1S/C14H21FN2O/c1-16-7-3-8-17(11-14(16)6-9-18)13-5-2-4-12(15)10-13/h2,4-5,10,14,18H,3,6-9,11H2,1H3. The molecule has 1 unspecified atom stereocenters. The number of nitrogens with zero attached hydrogens (tertiary/aromatic N) is 2. The number of hydrogen-bond acceptors (Lipinski definition) is 3. The number of rotatable bonds is 3. The summed E-state index contributed by atoms with van der Waals surface area (Å²) in [6, 6.07) is 7.09. The van der Waals surface area contributed by atoms with Gasteiger partial charge in [-0.15, -0.1) is 0 Å². The predicted octanol–water partition coefficient (Wildman–Crippen LogP) is 1.72. The number of halogens is 1. The normalized spacial score (nSPS) is 21.9. The Morgan fingerprint density at radius 3 is 2.94 bits per heavy atom. The predicted molar refractivity (Wildman–Crippen MR) is 71.4 cm³/mol. The summed E-state index contributed by atoms with van der Waals surface area (Å²) < 4.78 is 13.3. The Morgan fingerprint density at radius 1 is 1.39 bits per heavy atom. The average molecular weight is 252 g/mol. The topological polar surface area (TPSA) is 26.7 Å². The van der Waals surface area contributed by atoms with Crippen LogP contribution in [0.2, 0.25) is 0 Å². The van der Waals surface area contributed by atoms with E-state index in [1.807, 2.05) is 6.07 Å². The van der Waals surface area contributed by atoms with Gasteiger partial charge in [-0.1, -0.05) is 6.07 Å². The molecule has 100 valence electrons. The molecule has 0 aromatic heterocycles. The van der Waals surface area contributed by atoms with E-state index in [2.05, 4.69) is 16.8 Å². The summed E-state index contributed by atoms with van der Waals surface area (Å²) in [6.07, 6.45) is 1.83. The second kappa shape index (κ2) is 6.16. The molecule has 1 N–H and O–H groups in total. The molecule has 0 spiro atoms. The number of anilines is 1. The minimum Gasteiger partial charge on any atom is -0.396 e. The fourth-order valence-electron chi connectivity index (χ4n) is 2.55. The lowest BCUT2D eigenvalue weighted by molar-refractivity contribution is 0.196. The van der Waals surface area contributed by atoms with Crippen LogP contribution in [0.4, 0.5) is 10.1 Å². The first-order valence-corrected chi connectivity index (χ1v) is 6.52. The Labute approximate surface area is 108 Å². The van der Waals surface area contributed by atoms with Gasteiger partial charge in [-0.2, -0.15) is 0 Å². The second-order valence-electron chi connectivity index (χ2n) is 4.93. The third-order valence-electron chi connectivity index (χ3n) is 3.63. The zero-order valence-corrected chi connectivity index (χ0v) is 10.8. The molecule has 1 atom stereocenters. The zero-order valence-electron chi connectivity index (χ0n) is 10.8. The number of aliphatic hydroxyl groups is 1. The second-order valence-corrected chi connectivity index (χ2v) is 4.93. The van der Waals surface area contributed by atoms with E-state index in [9.17, 15) is 4.39 Å². The molecule has 1 aromatic rings. The molecular formula is C14H21FN2O. The lowest BCUT2D eigenvalue weighted by Crippen LogP contribution is -2.39. The summed E-state index contributed by atoms with van der Waals surface area (Å²) >= 11 is 0. The fourth-order valence-corrected chi connectivity index (χ4v) is 2.55. The molecule has 3 nitrogen and oxygen atoms in total. The minimum atomic E-state index is -0.191. The number of hydrogen-bond donors (Lipinski definition) is 1. The van der Waals surface area contributed by atoms with Gasteiger partial charge >= 0.3 is 0 Å². The van der Waals surface area contributed by atoms with Crippen LogP contribution in [-0.2, 0) is 0 Å². The van der Waals surface area contributed by atoms with Crippen molar-refractivity contribution in [3.8, 4) is 0 Å². The summed E-state index contributed by atoms with van der Waals surface area (Å²) in [4.78, 5) is 4.50. The molecule has 1 fully saturated rings. The molecular weight excluding hydrogens is 231 g/mol.